The summed E-state index contributed by atoms with van der Waals surface area (Å²) in [6, 6.07) is -0.248. The van der Waals surface area contributed by atoms with Gasteiger partial charge in [-0.15, -0.1) is 0 Å². The van der Waals surface area contributed by atoms with Crippen LogP contribution in [0.1, 0.15) is 25.1 Å². The van der Waals surface area contributed by atoms with E-state index in [2.05, 4.69) is 10.4 Å². The zero-order valence-electron chi connectivity index (χ0n) is 11.6. The Morgan fingerprint density at radius 3 is 2.63 bits per heavy atom. The number of hydrogen-bond donors (Lipinski definition) is 2. The zero-order valence-corrected chi connectivity index (χ0v) is 12.4. The second-order valence-corrected chi connectivity index (χ2v) is 5.15. The lowest BCUT2D eigenvalue weighted by Gasteiger charge is -2.18. The fraction of sp³-hybridized carbons (Fsp3) is 0.538. The summed E-state index contributed by atoms with van der Waals surface area (Å²) in [5, 5.41) is 16.5. The molecule has 1 aromatic rings. The molecule has 106 valence electrons. The first-order chi connectivity index (χ1) is 8.86. The monoisotopic (exact) mass is 285 g/mol. The molecule has 1 rings (SSSR count). The van der Waals surface area contributed by atoms with Gasteiger partial charge in [-0.1, -0.05) is 25.4 Å². The number of aromatic nitrogens is 2. The van der Waals surface area contributed by atoms with Crippen LogP contribution in [-0.4, -0.2) is 33.4 Å². The third kappa shape index (κ3) is 4.08. The minimum Gasteiger partial charge on any atom is -0.394 e. The molecule has 0 fully saturated rings. The molecule has 1 atom stereocenters. The minimum atomic E-state index is -0.257. The molecule has 0 unspecified atom stereocenters. The molecule has 0 spiro atoms. The number of nitrogens with one attached hydrogen (secondary N) is 1. The predicted octanol–water partition coefficient (Wildman–Crippen LogP) is 1.53. The third-order valence-electron chi connectivity index (χ3n) is 2.93. The maximum absolute atomic E-state index is 11.7. The highest BCUT2D eigenvalue weighted by molar-refractivity contribution is 6.31. The van der Waals surface area contributed by atoms with Gasteiger partial charge in [-0.25, -0.2) is 0 Å². The Kier molecular flexibility index (Phi) is 5.57. The van der Waals surface area contributed by atoms with Crippen LogP contribution >= 0.6 is 11.6 Å². The highest BCUT2D eigenvalue weighted by atomic mass is 35.5. The normalized spacial score (nSPS) is 13.2. The summed E-state index contributed by atoms with van der Waals surface area (Å²) in [6.45, 7) is 5.62. The molecule has 5 nitrogen and oxygen atoms in total. The molecule has 0 saturated carbocycles. The van der Waals surface area contributed by atoms with E-state index in [0.717, 1.165) is 11.3 Å². The predicted molar refractivity (Wildman–Crippen MR) is 75.8 cm³/mol. The van der Waals surface area contributed by atoms with E-state index in [-0.39, 0.29) is 24.5 Å². The van der Waals surface area contributed by atoms with Gasteiger partial charge in [0.2, 0.25) is 5.91 Å². The molecule has 2 N–H and O–H groups in total. The van der Waals surface area contributed by atoms with Crippen LogP contribution in [0.25, 0.3) is 6.08 Å². The number of rotatable bonds is 5. The van der Waals surface area contributed by atoms with Gasteiger partial charge >= 0.3 is 0 Å². The second kappa shape index (κ2) is 6.73. The molecule has 0 aromatic carbocycles. The van der Waals surface area contributed by atoms with Gasteiger partial charge in [-0.2, -0.15) is 5.10 Å². The molecule has 0 saturated heterocycles. The number of aliphatic hydroxyl groups is 1. The quantitative estimate of drug-likeness (QED) is 0.806. The van der Waals surface area contributed by atoms with E-state index in [1.165, 1.54) is 6.08 Å². The molecule has 1 aromatic heterocycles. The van der Waals surface area contributed by atoms with Crippen molar-refractivity contribution < 1.29 is 9.90 Å². The van der Waals surface area contributed by atoms with Crippen LogP contribution in [0.3, 0.4) is 0 Å². The Hall–Kier alpha value is -1.33. The number of aryl methyl sites for hydroxylation is 2. The average molecular weight is 286 g/mol. The molecular weight excluding hydrogens is 266 g/mol. The fourth-order valence-electron chi connectivity index (χ4n) is 1.65. The van der Waals surface area contributed by atoms with Crippen molar-refractivity contribution in [2.45, 2.75) is 26.8 Å². The van der Waals surface area contributed by atoms with E-state index in [4.69, 9.17) is 16.7 Å². The summed E-state index contributed by atoms with van der Waals surface area (Å²) < 4.78 is 1.55. The Morgan fingerprint density at radius 1 is 1.58 bits per heavy atom. The largest absolute Gasteiger partial charge is 0.394 e. The average Bonchev–Trinajstić information content (AvgIpc) is 2.58. The van der Waals surface area contributed by atoms with Gasteiger partial charge in [0, 0.05) is 18.7 Å². The van der Waals surface area contributed by atoms with Crippen LogP contribution in [0.5, 0.6) is 0 Å². The van der Waals surface area contributed by atoms with E-state index < -0.39 is 0 Å². The first-order valence-corrected chi connectivity index (χ1v) is 6.53. The Labute approximate surface area is 118 Å². The van der Waals surface area contributed by atoms with Crippen molar-refractivity contribution in [3.63, 3.8) is 0 Å². The van der Waals surface area contributed by atoms with Gasteiger partial charge in [0.1, 0.15) is 5.15 Å². The van der Waals surface area contributed by atoms with E-state index in [1.54, 1.807) is 17.8 Å². The van der Waals surface area contributed by atoms with Crippen LogP contribution in [0.15, 0.2) is 6.08 Å². The maximum Gasteiger partial charge on any atom is 0.244 e. The number of carbonyl (C=O) groups is 1. The molecule has 1 amide bonds. The van der Waals surface area contributed by atoms with Crippen molar-refractivity contribution in [2.75, 3.05) is 6.61 Å². The van der Waals surface area contributed by atoms with Crippen LogP contribution in [-0.2, 0) is 11.8 Å². The summed E-state index contributed by atoms with van der Waals surface area (Å²) in [4.78, 5) is 11.7. The standard InChI is InChI=1S/C13H20ClN3O2/c1-8(2)11(7-18)15-12(19)6-5-10-9(3)16-17(4)13(10)14/h5-6,8,11,18H,7H2,1-4H3,(H,15,19)/t11-/m1/s1. The third-order valence-corrected chi connectivity index (χ3v) is 3.37. The molecule has 0 aliphatic heterocycles. The molecule has 6 heteroatoms. The Balaban J connectivity index is 2.73. The smallest absolute Gasteiger partial charge is 0.244 e. The van der Waals surface area contributed by atoms with Crippen molar-refractivity contribution in [3.05, 3.63) is 22.5 Å². The lowest BCUT2D eigenvalue weighted by atomic mass is 10.1. The van der Waals surface area contributed by atoms with Crippen molar-refractivity contribution in [2.24, 2.45) is 13.0 Å². The van der Waals surface area contributed by atoms with Crippen molar-refractivity contribution >= 4 is 23.6 Å². The van der Waals surface area contributed by atoms with Gasteiger partial charge in [-0.05, 0) is 18.9 Å². The van der Waals surface area contributed by atoms with Crippen molar-refractivity contribution in [1.82, 2.24) is 15.1 Å². The Morgan fingerprint density at radius 2 is 2.21 bits per heavy atom. The summed E-state index contributed by atoms with van der Waals surface area (Å²) >= 11 is 6.06. The fourth-order valence-corrected chi connectivity index (χ4v) is 1.89. The van der Waals surface area contributed by atoms with Gasteiger partial charge in [0.15, 0.2) is 0 Å². The molecule has 0 aliphatic carbocycles. The lowest BCUT2D eigenvalue weighted by molar-refractivity contribution is -0.117. The van der Waals surface area contributed by atoms with E-state index in [1.807, 2.05) is 20.8 Å². The number of aliphatic hydroxyl groups excluding tert-OH is 1. The topological polar surface area (TPSA) is 67.2 Å². The van der Waals surface area contributed by atoms with Crippen LogP contribution < -0.4 is 5.32 Å². The van der Waals surface area contributed by atoms with E-state index >= 15 is 0 Å². The maximum atomic E-state index is 11.7. The van der Waals surface area contributed by atoms with Crippen molar-refractivity contribution in [1.29, 1.82) is 0 Å². The second-order valence-electron chi connectivity index (χ2n) is 4.79. The summed E-state index contributed by atoms with van der Waals surface area (Å²) in [6.07, 6.45) is 3.04. The number of amides is 1. The summed E-state index contributed by atoms with van der Waals surface area (Å²) in [7, 11) is 1.74. The molecular formula is C13H20ClN3O2. The van der Waals surface area contributed by atoms with Crippen LogP contribution in [0.2, 0.25) is 5.15 Å². The molecule has 0 bridgehead atoms. The highest BCUT2D eigenvalue weighted by Crippen LogP contribution is 2.19. The van der Waals surface area contributed by atoms with Crippen LogP contribution in [0.4, 0.5) is 0 Å². The van der Waals surface area contributed by atoms with Gasteiger partial charge in [0.05, 0.1) is 18.3 Å². The first kappa shape index (κ1) is 15.7. The highest BCUT2D eigenvalue weighted by Gasteiger charge is 2.14. The minimum absolute atomic E-state index is 0.0794. The number of nitrogens with zero attached hydrogens (tertiary/aromatic N) is 2. The number of halogens is 1. The molecule has 0 radical (unpaired) electrons. The first-order valence-electron chi connectivity index (χ1n) is 6.15. The molecule has 0 aliphatic rings. The lowest BCUT2D eigenvalue weighted by Crippen LogP contribution is -2.40. The molecule has 1 heterocycles. The Bertz CT molecular complexity index is 480. The zero-order chi connectivity index (χ0) is 14.6. The summed E-state index contributed by atoms with van der Waals surface area (Å²) in [5.74, 6) is -0.0851. The molecule has 19 heavy (non-hydrogen) atoms. The van der Waals surface area contributed by atoms with E-state index in [9.17, 15) is 4.79 Å². The number of hydrogen-bond acceptors (Lipinski definition) is 3. The summed E-state index contributed by atoms with van der Waals surface area (Å²) in [5.41, 5.74) is 1.49. The van der Waals surface area contributed by atoms with E-state index in [0.29, 0.717) is 5.15 Å². The SMILES string of the molecule is Cc1nn(C)c(Cl)c1C=CC(=O)N[C@H](CO)C(C)C. The van der Waals surface area contributed by atoms with Crippen LogP contribution in [0, 0.1) is 12.8 Å². The van der Waals surface area contributed by atoms with Gasteiger partial charge in [0.25, 0.3) is 0 Å². The number of carbonyl (C=O) groups excluding carboxylic acids is 1. The van der Waals surface area contributed by atoms with Gasteiger partial charge < -0.3 is 10.4 Å². The van der Waals surface area contributed by atoms with Gasteiger partial charge in [-0.3, -0.25) is 9.48 Å². The van der Waals surface area contributed by atoms with Crippen molar-refractivity contribution in [3.8, 4) is 0 Å².